The molecule has 0 aliphatic heterocycles. The van der Waals surface area contributed by atoms with Gasteiger partial charge < -0.3 is 15.2 Å². The maximum absolute atomic E-state index is 6.32. The molecule has 3 nitrogen and oxygen atoms in total. The first kappa shape index (κ1) is 16.3. The zero-order chi connectivity index (χ0) is 15.2. The van der Waals surface area contributed by atoms with Gasteiger partial charge in [0.25, 0.3) is 0 Å². The van der Waals surface area contributed by atoms with Crippen molar-refractivity contribution in [3.05, 3.63) is 44.6 Å². The minimum Gasteiger partial charge on any atom is -0.490 e. The van der Waals surface area contributed by atoms with Crippen LogP contribution in [0, 0.1) is 0 Å². The van der Waals surface area contributed by atoms with Crippen molar-refractivity contribution in [3.8, 4) is 11.5 Å². The summed E-state index contributed by atoms with van der Waals surface area (Å²) in [6.07, 6.45) is 0.815. The highest BCUT2D eigenvalue weighted by molar-refractivity contribution is 9.11. The summed E-state index contributed by atoms with van der Waals surface area (Å²) in [7, 11) is 0. The molecule has 0 aliphatic carbocycles. The first-order valence-electron chi connectivity index (χ1n) is 7.03. The van der Waals surface area contributed by atoms with Gasteiger partial charge in [0.15, 0.2) is 11.5 Å². The van der Waals surface area contributed by atoms with Crippen LogP contribution in [0.5, 0.6) is 11.5 Å². The van der Waals surface area contributed by atoms with Crippen molar-refractivity contribution in [2.75, 3.05) is 13.2 Å². The van der Waals surface area contributed by atoms with Crippen molar-refractivity contribution in [3.63, 3.8) is 0 Å². The molecule has 1 unspecified atom stereocenters. The summed E-state index contributed by atoms with van der Waals surface area (Å²) in [6.45, 7) is 5.15. The number of halogens is 1. The van der Waals surface area contributed by atoms with Crippen molar-refractivity contribution in [2.24, 2.45) is 5.73 Å². The SMILES string of the molecule is CCOc1ccc(C(N)Cc2ccc(Br)s2)cc1OCC. The van der Waals surface area contributed by atoms with Crippen LogP contribution in [-0.4, -0.2) is 13.2 Å². The Bertz CT molecular complexity index is 585. The molecule has 0 bridgehead atoms. The van der Waals surface area contributed by atoms with Gasteiger partial charge in [-0.15, -0.1) is 11.3 Å². The van der Waals surface area contributed by atoms with Crippen molar-refractivity contribution in [2.45, 2.75) is 26.3 Å². The molecular weight excluding hydrogens is 350 g/mol. The number of hydrogen-bond donors (Lipinski definition) is 1. The fraction of sp³-hybridized carbons (Fsp3) is 0.375. The predicted octanol–water partition coefficient (Wildman–Crippen LogP) is 4.55. The Morgan fingerprint density at radius 2 is 1.81 bits per heavy atom. The zero-order valence-electron chi connectivity index (χ0n) is 12.3. The van der Waals surface area contributed by atoms with Gasteiger partial charge in [-0.25, -0.2) is 0 Å². The van der Waals surface area contributed by atoms with E-state index in [0.29, 0.717) is 13.2 Å². The topological polar surface area (TPSA) is 44.5 Å². The lowest BCUT2D eigenvalue weighted by Gasteiger charge is -2.16. The van der Waals surface area contributed by atoms with E-state index in [0.717, 1.165) is 27.3 Å². The van der Waals surface area contributed by atoms with Crippen LogP contribution in [0.25, 0.3) is 0 Å². The second-order valence-electron chi connectivity index (χ2n) is 4.59. The first-order chi connectivity index (χ1) is 10.1. The molecule has 2 rings (SSSR count). The van der Waals surface area contributed by atoms with Crippen LogP contribution in [-0.2, 0) is 6.42 Å². The van der Waals surface area contributed by atoms with Gasteiger partial charge in [0.1, 0.15) is 0 Å². The van der Waals surface area contributed by atoms with Crippen molar-refractivity contribution in [1.29, 1.82) is 0 Å². The van der Waals surface area contributed by atoms with Crippen LogP contribution in [0.2, 0.25) is 0 Å². The third-order valence-electron chi connectivity index (χ3n) is 3.05. The van der Waals surface area contributed by atoms with E-state index in [1.54, 1.807) is 11.3 Å². The Morgan fingerprint density at radius 1 is 1.10 bits per heavy atom. The van der Waals surface area contributed by atoms with Crippen LogP contribution in [0.1, 0.15) is 30.3 Å². The van der Waals surface area contributed by atoms with Crippen molar-refractivity contribution >= 4 is 27.3 Å². The van der Waals surface area contributed by atoms with E-state index in [9.17, 15) is 0 Å². The molecule has 5 heteroatoms. The van der Waals surface area contributed by atoms with Crippen molar-refractivity contribution in [1.82, 2.24) is 0 Å². The summed E-state index contributed by atoms with van der Waals surface area (Å²) >= 11 is 5.20. The molecule has 0 spiro atoms. The van der Waals surface area contributed by atoms with Crippen LogP contribution in [0.3, 0.4) is 0 Å². The number of benzene rings is 1. The molecule has 0 fully saturated rings. The number of thiophene rings is 1. The molecule has 1 aromatic heterocycles. The van der Waals surface area contributed by atoms with Gasteiger partial charge in [0.2, 0.25) is 0 Å². The Kier molecular flexibility index (Phi) is 6.08. The second kappa shape index (κ2) is 7.82. The largest absolute Gasteiger partial charge is 0.490 e. The van der Waals surface area contributed by atoms with E-state index in [2.05, 4.69) is 28.1 Å². The summed E-state index contributed by atoms with van der Waals surface area (Å²) in [5.41, 5.74) is 7.38. The first-order valence-corrected chi connectivity index (χ1v) is 8.64. The summed E-state index contributed by atoms with van der Waals surface area (Å²) in [5, 5.41) is 0. The zero-order valence-corrected chi connectivity index (χ0v) is 14.7. The lowest BCUT2D eigenvalue weighted by atomic mass is 10.0. The highest BCUT2D eigenvalue weighted by Crippen LogP contribution is 2.32. The molecule has 21 heavy (non-hydrogen) atoms. The molecule has 1 atom stereocenters. The molecule has 114 valence electrons. The third kappa shape index (κ3) is 4.46. The number of nitrogens with two attached hydrogens (primary N) is 1. The smallest absolute Gasteiger partial charge is 0.161 e. The summed E-state index contributed by atoms with van der Waals surface area (Å²) < 4.78 is 12.4. The highest BCUT2D eigenvalue weighted by atomic mass is 79.9. The van der Waals surface area contributed by atoms with Crippen LogP contribution >= 0.6 is 27.3 Å². The minimum absolute atomic E-state index is 0.0505. The van der Waals surface area contributed by atoms with Gasteiger partial charge in [-0.05, 0) is 59.6 Å². The Balaban J connectivity index is 2.16. The predicted molar refractivity (Wildman–Crippen MR) is 91.4 cm³/mol. The lowest BCUT2D eigenvalue weighted by Crippen LogP contribution is -2.13. The van der Waals surface area contributed by atoms with E-state index >= 15 is 0 Å². The molecule has 0 saturated heterocycles. The fourth-order valence-corrected chi connectivity index (χ4v) is 3.64. The third-order valence-corrected chi connectivity index (χ3v) is 4.69. The molecule has 2 aromatic rings. The molecular formula is C16H20BrNO2S. The van der Waals surface area contributed by atoms with Crippen LogP contribution in [0.15, 0.2) is 34.1 Å². The van der Waals surface area contributed by atoms with Gasteiger partial charge in [-0.2, -0.15) is 0 Å². The Labute approximate surface area is 138 Å². The van der Waals surface area contributed by atoms with E-state index in [4.69, 9.17) is 15.2 Å². The minimum atomic E-state index is -0.0505. The average molecular weight is 370 g/mol. The van der Waals surface area contributed by atoms with E-state index < -0.39 is 0 Å². The second-order valence-corrected chi connectivity index (χ2v) is 7.14. The fourth-order valence-electron chi connectivity index (χ4n) is 2.09. The van der Waals surface area contributed by atoms with Crippen molar-refractivity contribution < 1.29 is 9.47 Å². The number of hydrogen-bond acceptors (Lipinski definition) is 4. The average Bonchev–Trinajstić information content (AvgIpc) is 2.86. The summed E-state index contributed by atoms with van der Waals surface area (Å²) in [4.78, 5) is 1.27. The standard InChI is InChI=1S/C16H20BrNO2S/c1-3-19-14-7-5-11(9-15(14)20-4-2)13(18)10-12-6-8-16(17)21-12/h5-9,13H,3-4,10,18H2,1-2H3. The molecule has 1 aromatic carbocycles. The Hall–Kier alpha value is -1.04. The maximum atomic E-state index is 6.32. The lowest BCUT2D eigenvalue weighted by molar-refractivity contribution is 0.287. The van der Waals surface area contributed by atoms with Gasteiger partial charge in [-0.1, -0.05) is 6.07 Å². The van der Waals surface area contributed by atoms with Gasteiger partial charge in [-0.3, -0.25) is 0 Å². The number of rotatable bonds is 7. The van der Waals surface area contributed by atoms with Crippen LogP contribution < -0.4 is 15.2 Å². The molecule has 2 N–H and O–H groups in total. The van der Waals surface area contributed by atoms with Crippen LogP contribution in [0.4, 0.5) is 0 Å². The molecule has 1 heterocycles. The highest BCUT2D eigenvalue weighted by Gasteiger charge is 2.13. The molecule has 0 amide bonds. The Morgan fingerprint density at radius 3 is 2.43 bits per heavy atom. The van der Waals surface area contributed by atoms with E-state index in [1.807, 2.05) is 32.0 Å². The van der Waals surface area contributed by atoms with E-state index in [1.165, 1.54) is 4.88 Å². The van der Waals surface area contributed by atoms with E-state index in [-0.39, 0.29) is 6.04 Å². The molecule has 0 saturated carbocycles. The maximum Gasteiger partial charge on any atom is 0.161 e. The molecule has 0 radical (unpaired) electrons. The summed E-state index contributed by atoms with van der Waals surface area (Å²) in [5.74, 6) is 1.54. The van der Waals surface area contributed by atoms with Gasteiger partial charge in [0.05, 0.1) is 17.0 Å². The monoisotopic (exact) mass is 369 g/mol. The number of ether oxygens (including phenoxy) is 2. The summed E-state index contributed by atoms with van der Waals surface area (Å²) in [6, 6.07) is 10.0. The van der Waals surface area contributed by atoms with Gasteiger partial charge >= 0.3 is 0 Å². The molecule has 0 aliphatic rings. The normalized spacial score (nSPS) is 12.2. The van der Waals surface area contributed by atoms with Gasteiger partial charge in [0, 0.05) is 17.3 Å². The quantitative estimate of drug-likeness (QED) is 0.778.